The number of nitrogens with one attached hydrogen (secondary N) is 1. The van der Waals surface area contributed by atoms with Crippen LogP contribution in [0, 0.1) is 0 Å². The molecule has 0 fully saturated rings. The molecular formula is C19H22N2O4S. The molecule has 7 heteroatoms. The zero-order valence-electron chi connectivity index (χ0n) is 14.9. The third-order valence-corrected chi connectivity index (χ3v) is 5.72. The summed E-state index contributed by atoms with van der Waals surface area (Å²) in [6.07, 6.45) is 5.01. The molecule has 1 aromatic carbocycles. The molecule has 0 atom stereocenters. The maximum Gasteiger partial charge on any atom is 0.256 e. The molecule has 1 heterocycles. The van der Waals surface area contributed by atoms with Crippen LogP contribution in [0.4, 0.5) is 5.00 Å². The molecule has 26 heavy (non-hydrogen) atoms. The van der Waals surface area contributed by atoms with Crippen LogP contribution in [0.1, 0.15) is 50.4 Å². The van der Waals surface area contributed by atoms with Crippen LogP contribution in [0.5, 0.6) is 11.5 Å². The van der Waals surface area contributed by atoms with Gasteiger partial charge in [0.15, 0.2) is 0 Å². The number of hydrogen-bond acceptors (Lipinski definition) is 5. The number of rotatable bonds is 5. The highest BCUT2D eigenvalue weighted by atomic mass is 32.1. The van der Waals surface area contributed by atoms with Crippen LogP contribution in [-0.2, 0) is 12.8 Å². The molecule has 2 aromatic rings. The SMILES string of the molecule is COc1cc(OC)cc(C(=O)Nc2sc3c(c2C(N)=O)CCCCC3)c1. The molecule has 1 aliphatic rings. The molecule has 0 saturated carbocycles. The zero-order valence-corrected chi connectivity index (χ0v) is 15.7. The van der Waals surface area contributed by atoms with E-state index < -0.39 is 5.91 Å². The number of methoxy groups -OCH3 is 2. The summed E-state index contributed by atoms with van der Waals surface area (Å²) < 4.78 is 10.4. The lowest BCUT2D eigenvalue weighted by atomic mass is 10.1. The van der Waals surface area contributed by atoms with Crippen molar-refractivity contribution in [2.45, 2.75) is 32.1 Å². The van der Waals surface area contributed by atoms with Crippen LogP contribution >= 0.6 is 11.3 Å². The summed E-state index contributed by atoms with van der Waals surface area (Å²) in [7, 11) is 3.05. The second-order valence-corrected chi connectivity index (χ2v) is 7.29. The Morgan fingerprint density at radius 3 is 2.31 bits per heavy atom. The van der Waals surface area contributed by atoms with Crippen molar-refractivity contribution in [3.8, 4) is 11.5 Å². The van der Waals surface area contributed by atoms with Gasteiger partial charge in [-0.1, -0.05) is 6.42 Å². The van der Waals surface area contributed by atoms with E-state index in [4.69, 9.17) is 15.2 Å². The van der Waals surface area contributed by atoms with Crippen LogP contribution < -0.4 is 20.5 Å². The normalized spacial score (nSPS) is 13.5. The van der Waals surface area contributed by atoms with Crippen LogP contribution in [0.25, 0.3) is 0 Å². The molecule has 0 bridgehead atoms. The van der Waals surface area contributed by atoms with E-state index in [0.29, 0.717) is 27.6 Å². The van der Waals surface area contributed by atoms with E-state index in [1.54, 1.807) is 18.2 Å². The van der Waals surface area contributed by atoms with Gasteiger partial charge in [-0.25, -0.2) is 0 Å². The van der Waals surface area contributed by atoms with Gasteiger partial charge in [-0.2, -0.15) is 0 Å². The van der Waals surface area contributed by atoms with Gasteiger partial charge in [0, 0.05) is 16.5 Å². The molecular weight excluding hydrogens is 352 g/mol. The summed E-state index contributed by atoms with van der Waals surface area (Å²) in [5.74, 6) is 0.210. The second-order valence-electron chi connectivity index (χ2n) is 6.19. The Morgan fingerprint density at radius 1 is 1.04 bits per heavy atom. The number of primary amides is 1. The summed E-state index contributed by atoms with van der Waals surface area (Å²) >= 11 is 1.45. The van der Waals surface area contributed by atoms with E-state index in [-0.39, 0.29) is 5.91 Å². The van der Waals surface area contributed by atoms with Gasteiger partial charge >= 0.3 is 0 Å². The van der Waals surface area contributed by atoms with Gasteiger partial charge in [0.1, 0.15) is 16.5 Å². The Kier molecular flexibility index (Phi) is 5.46. The van der Waals surface area contributed by atoms with Gasteiger partial charge in [-0.05, 0) is 43.4 Å². The molecule has 138 valence electrons. The number of fused-ring (bicyclic) bond motifs is 1. The van der Waals surface area contributed by atoms with E-state index in [9.17, 15) is 9.59 Å². The summed E-state index contributed by atoms with van der Waals surface area (Å²) in [6.45, 7) is 0. The maximum atomic E-state index is 12.7. The highest BCUT2D eigenvalue weighted by Crippen LogP contribution is 2.37. The van der Waals surface area contributed by atoms with Gasteiger partial charge in [0.25, 0.3) is 11.8 Å². The summed E-state index contributed by atoms with van der Waals surface area (Å²) in [5.41, 5.74) is 7.46. The molecule has 3 rings (SSSR count). The molecule has 1 aliphatic carbocycles. The van der Waals surface area contributed by atoms with Crippen LogP contribution in [0.2, 0.25) is 0 Å². The first-order chi connectivity index (χ1) is 12.5. The van der Waals surface area contributed by atoms with Crippen molar-refractivity contribution in [2.24, 2.45) is 5.73 Å². The minimum absolute atomic E-state index is 0.332. The lowest BCUT2D eigenvalue weighted by Gasteiger charge is -2.09. The number of thiophene rings is 1. The lowest BCUT2D eigenvalue weighted by molar-refractivity contribution is 0.100. The molecule has 6 nitrogen and oxygen atoms in total. The lowest BCUT2D eigenvalue weighted by Crippen LogP contribution is -2.18. The van der Waals surface area contributed by atoms with E-state index >= 15 is 0 Å². The first-order valence-electron chi connectivity index (χ1n) is 8.52. The van der Waals surface area contributed by atoms with E-state index in [2.05, 4.69) is 5.32 Å². The number of carbonyl (C=O) groups excluding carboxylic acids is 2. The fourth-order valence-electron chi connectivity index (χ4n) is 3.21. The summed E-state index contributed by atoms with van der Waals surface area (Å²) in [4.78, 5) is 25.9. The van der Waals surface area contributed by atoms with E-state index in [0.717, 1.165) is 42.5 Å². The molecule has 3 N–H and O–H groups in total. The monoisotopic (exact) mass is 374 g/mol. The van der Waals surface area contributed by atoms with Crippen molar-refractivity contribution in [3.05, 3.63) is 39.8 Å². The van der Waals surface area contributed by atoms with Crippen molar-refractivity contribution >= 4 is 28.2 Å². The first kappa shape index (κ1) is 18.3. The highest BCUT2D eigenvalue weighted by molar-refractivity contribution is 7.17. The van der Waals surface area contributed by atoms with E-state index in [1.165, 1.54) is 25.6 Å². The largest absolute Gasteiger partial charge is 0.497 e. The predicted octanol–water partition coefficient (Wildman–Crippen LogP) is 3.39. The number of carbonyl (C=O) groups is 2. The van der Waals surface area contributed by atoms with Gasteiger partial charge in [0.2, 0.25) is 0 Å². The number of nitrogens with two attached hydrogens (primary N) is 1. The van der Waals surface area contributed by atoms with Crippen molar-refractivity contribution < 1.29 is 19.1 Å². The number of benzene rings is 1. The van der Waals surface area contributed by atoms with Crippen molar-refractivity contribution in [1.82, 2.24) is 0 Å². The van der Waals surface area contributed by atoms with E-state index in [1.807, 2.05) is 0 Å². The van der Waals surface area contributed by atoms with Gasteiger partial charge in [-0.3, -0.25) is 9.59 Å². The molecule has 0 aliphatic heterocycles. The smallest absolute Gasteiger partial charge is 0.256 e. The molecule has 2 amide bonds. The Hall–Kier alpha value is -2.54. The molecule has 0 unspecified atom stereocenters. The van der Waals surface area contributed by atoms with Crippen molar-refractivity contribution in [1.29, 1.82) is 0 Å². The number of ether oxygens (including phenoxy) is 2. The quantitative estimate of drug-likeness (QED) is 0.785. The summed E-state index contributed by atoms with van der Waals surface area (Å²) in [6, 6.07) is 4.94. The standard InChI is InChI=1S/C19H22N2O4S/c1-24-12-8-11(9-13(10-12)25-2)18(23)21-19-16(17(20)22)14-6-4-3-5-7-15(14)26-19/h8-10H,3-7H2,1-2H3,(H2,20,22)(H,21,23). The first-order valence-corrected chi connectivity index (χ1v) is 9.34. The Bertz CT molecular complexity index is 822. The zero-order chi connectivity index (χ0) is 18.7. The third-order valence-electron chi connectivity index (χ3n) is 4.51. The average Bonchev–Trinajstić information content (AvgIpc) is 2.82. The Balaban J connectivity index is 1.94. The highest BCUT2D eigenvalue weighted by Gasteiger charge is 2.24. The van der Waals surface area contributed by atoms with Gasteiger partial charge in [0.05, 0.1) is 19.8 Å². The van der Waals surface area contributed by atoms with Gasteiger partial charge in [-0.15, -0.1) is 11.3 Å². The minimum atomic E-state index is -0.497. The number of hydrogen-bond donors (Lipinski definition) is 2. The van der Waals surface area contributed by atoms with Crippen LogP contribution in [0.15, 0.2) is 18.2 Å². The van der Waals surface area contributed by atoms with Crippen molar-refractivity contribution in [2.75, 3.05) is 19.5 Å². The predicted molar refractivity (Wildman–Crippen MR) is 102 cm³/mol. The molecule has 0 spiro atoms. The summed E-state index contributed by atoms with van der Waals surface area (Å²) in [5, 5.41) is 3.38. The molecule has 1 aromatic heterocycles. The van der Waals surface area contributed by atoms with Crippen LogP contribution in [-0.4, -0.2) is 26.0 Å². The minimum Gasteiger partial charge on any atom is -0.497 e. The fraction of sp³-hybridized carbons (Fsp3) is 0.368. The maximum absolute atomic E-state index is 12.7. The van der Waals surface area contributed by atoms with Crippen molar-refractivity contribution in [3.63, 3.8) is 0 Å². The number of amides is 2. The number of aryl methyl sites for hydroxylation is 1. The van der Waals surface area contributed by atoms with Crippen LogP contribution in [0.3, 0.4) is 0 Å². The Labute approximate surface area is 156 Å². The second kappa shape index (κ2) is 7.78. The van der Waals surface area contributed by atoms with Gasteiger partial charge < -0.3 is 20.5 Å². The molecule has 0 radical (unpaired) electrons. The third kappa shape index (κ3) is 3.67. The fourth-order valence-corrected chi connectivity index (χ4v) is 4.49. The topological polar surface area (TPSA) is 90.7 Å². The Morgan fingerprint density at radius 2 is 1.69 bits per heavy atom. The average molecular weight is 374 g/mol. The molecule has 0 saturated heterocycles. The number of anilines is 1.